The number of phenols is 1. The molecule has 1 aromatic carbocycles. The fourth-order valence-corrected chi connectivity index (χ4v) is 3.59. The molecule has 156 valence electrons. The maximum absolute atomic E-state index is 13.5. The van der Waals surface area contributed by atoms with Gasteiger partial charge in [-0.25, -0.2) is 0 Å². The van der Waals surface area contributed by atoms with Crippen LogP contribution in [-0.2, 0) is 0 Å². The van der Waals surface area contributed by atoms with Crippen LogP contribution in [0.2, 0.25) is 0 Å². The van der Waals surface area contributed by atoms with Crippen molar-refractivity contribution in [2.45, 2.75) is 13.8 Å². The van der Waals surface area contributed by atoms with Crippen LogP contribution in [0.3, 0.4) is 0 Å². The molecule has 31 heavy (non-hydrogen) atoms. The molecule has 0 bridgehead atoms. The van der Waals surface area contributed by atoms with Crippen LogP contribution >= 0.6 is 0 Å². The number of nitrogens with zero attached hydrogens (tertiary/aromatic N) is 2. The van der Waals surface area contributed by atoms with Gasteiger partial charge in [-0.3, -0.25) is 19.1 Å². The van der Waals surface area contributed by atoms with Crippen LogP contribution in [0.5, 0.6) is 5.75 Å². The smallest absolute Gasteiger partial charge is 0.267 e. The largest absolute Gasteiger partial charge is 0.508 e. The maximum Gasteiger partial charge on any atom is 0.267 e. The minimum atomic E-state index is -0.790. The van der Waals surface area contributed by atoms with E-state index in [4.69, 9.17) is 15.9 Å². The fourth-order valence-electron chi connectivity index (χ4n) is 3.59. The Bertz CT molecular complexity index is 1370. The first-order valence-electron chi connectivity index (χ1n) is 9.43. The molecule has 0 atom stereocenters. The number of rotatable bonds is 4. The van der Waals surface area contributed by atoms with Gasteiger partial charge in [0, 0.05) is 35.8 Å². The van der Waals surface area contributed by atoms with Gasteiger partial charge < -0.3 is 21.0 Å². The molecule has 1 amide bonds. The number of hydrogen-bond donors (Lipinski definition) is 3. The molecule has 4 aromatic rings. The molecule has 0 aliphatic rings. The average Bonchev–Trinajstić information content (AvgIpc) is 3.23. The number of carbonyl (C=O) groups is 1. The predicted octanol–water partition coefficient (Wildman–Crippen LogP) is 3.16. The molecule has 4 rings (SSSR count). The molecule has 0 saturated carbocycles. The van der Waals surface area contributed by atoms with E-state index in [1.54, 1.807) is 44.4 Å². The highest BCUT2D eigenvalue weighted by Crippen LogP contribution is 2.35. The van der Waals surface area contributed by atoms with E-state index in [0.29, 0.717) is 22.3 Å². The number of aryl methyl sites for hydroxylation is 1. The summed E-state index contributed by atoms with van der Waals surface area (Å²) in [6, 6.07) is 8.51. The molecule has 0 unspecified atom stereocenters. The molecule has 0 aliphatic carbocycles. The SMILES string of the molecule is Cc1ccc(O)c(C)c1-c1c(N)c(C(N)=O)cn(-c2cc(-c3cccnc3)co2)c1=O. The quantitative estimate of drug-likeness (QED) is 0.467. The highest BCUT2D eigenvalue weighted by atomic mass is 16.3. The molecule has 3 aromatic heterocycles. The molecule has 8 nitrogen and oxygen atoms in total. The Morgan fingerprint density at radius 2 is 1.94 bits per heavy atom. The number of nitrogen functional groups attached to an aromatic ring is 1. The van der Waals surface area contributed by atoms with Crippen molar-refractivity contribution < 1.29 is 14.3 Å². The Labute approximate surface area is 177 Å². The van der Waals surface area contributed by atoms with Crippen LogP contribution in [0.25, 0.3) is 28.1 Å². The number of aromatic hydroxyl groups is 1. The number of amides is 1. The molecule has 8 heteroatoms. The van der Waals surface area contributed by atoms with Gasteiger partial charge in [0.2, 0.25) is 5.88 Å². The average molecular weight is 416 g/mol. The number of nitrogens with two attached hydrogens (primary N) is 2. The van der Waals surface area contributed by atoms with Crippen molar-refractivity contribution in [3.8, 4) is 33.9 Å². The highest BCUT2D eigenvalue weighted by molar-refractivity contribution is 6.01. The van der Waals surface area contributed by atoms with E-state index in [0.717, 1.165) is 5.56 Å². The van der Waals surface area contributed by atoms with E-state index in [2.05, 4.69) is 4.98 Å². The zero-order valence-corrected chi connectivity index (χ0v) is 16.9. The number of phenolic OH excluding ortho intramolecular Hbond substituents is 1. The lowest BCUT2D eigenvalue weighted by Gasteiger charge is -2.16. The van der Waals surface area contributed by atoms with Crippen LogP contribution < -0.4 is 17.0 Å². The Kier molecular flexibility index (Phi) is 4.82. The third kappa shape index (κ3) is 3.33. The van der Waals surface area contributed by atoms with Gasteiger partial charge in [-0.1, -0.05) is 12.1 Å². The summed E-state index contributed by atoms with van der Waals surface area (Å²) in [6.45, 7) is 3.46. The fraction of sp³-hybridized carbons (Fsp3) is 0.0870. The zero-order chi connectivity index (χ0) is 22.3. The predicted molar refractivity (Wildman–Crippen MR) is 117 cm³/mol. The number of furan rings is 1. The van der Waals surface area contributed by atoms with Gasteiger partial charge in [-0.2, -0.15) is 0 Å². The third-order valence-electron chi connectivity index (χ3n) is 5.23. The number of hydrogen-bond acceptors (Lipinski definition) is 6. The molecular formula is C23H20N4O4. The van der Waals surface area contributed by atoms with Crippen molar-refractivity contribution in [1.82, 2.24) is 9.55 Å². The van der Waals surface area contributed by atoms with E-state index in [-0.39, 0.29) is 28.4 Å². The molecule has 0 aliphatic heterocycles. The third-order valence-corrected chi connectivity index (χ3v) is 5.23. The van der Waals surface area contributed by atoms with Crippen molar-refractivity contribution >= 4 is 11.6 Å². The Hall–Kier alpha value is -4.33. The Morgan fingerprint density at radius 3 is 2.61 bits per heavy atom. The van der Waals surface area contributed by atoms with E-state index < -0.39 is 11.5 Å². The number of primary amides is 1. The van der Waals surface area contributed by atoms with E-state index in [9.17, 15) is 14.7 Å². The summed E-state index contributed by atoms with van der Waals surface area (Å²) in [5.41, 5.74) is 14.4. The topological polar surface area (TPSA) is 137 Å². The summed E-state index contributed by atoms with van der Waals surface area (Å²) < 4.78 is 6.82. The molecule has 0 fully saturated rings. The van der Waals surface area contributed by atoms with Crippen LogP contribution in [0, 0.1) is 13.8 Å². The number of anilines is 1. The van der Waals surface area contributed by atoms with Crippen LogP contribution in [0.4, 0.5) is 5.69 Å². The second-order valence-corrected chi connectivity index (χ2v) is 7.19. The van der Waals surface area contributed by atoms with Crippen molar-refractivity contribution in [1.29, 1.82) is 0 Å². The second-order valence-electron chi connectivity index (χ2n) is 7.19. The van der Waals surface area contributed by atoms with Crippen molar-refractivity contribution in [2.24, 2.45) is 5.73 Å². The van der Waals surface area contributed by atoms with Gasteiger partial charge in [0.05, 0.1) is 16.8 Å². The first-order valence-corrected chi connectivity index (χ1v) is 9.43. The summed E-state index contributed by atoms with van der Waals surface area (Å²) >= 11 is 0. The van der Waals surface area contributed by atoms with Gasteiger partial charge in [-0.15, -0.1) is 0 Å². The second kappa shape index (κ2) is 7.49. The van der Waals surface area contributed by atoms with Crippen molar-refractivity contribution in [2.75, 3.05) is 5.73 Å². The molecule has 0 radical (unpaired) electrons. The summed E-state index contributed by atoms with van der Waals surface area (Å²) in [7, 11) is 0. The lowest BCUT2D eigenvalue weighted by molar-refractivity contribution is 0.100. The maximum atomic E-state index is 13.5. The molecular weight excluding hydrogens is 396 g/mol. The summed E-state index contributed by atoms with van der Waals surface area (Å²) in [6.07, 6.45) is 6.08. The molecule has 3 heterocycles. The first-order chi connectivity index (χ1) is 14.8. The minimum absolute atomic E-state index is 0.00675. The summed E-state index contributed by atoms with van der Waals surface area (Å²) in [5, 5.41) is 10.2. The molecule has 0 saturated heterocycles. The van der Waals surface area contributed by atoms with E-state index in [1.165, 1.54) is 23.1 Å². The van der Waals surface area contributed by atoms with Crippen LogP contribution in [0.15, 0.2) is 64.4 Å². The standard InChI is InChI=1S/C23H20N4O4/c1-12-5-6-17(28)13(2)19(12)20-21(24)16(22(25)29)10-27(23(20)30)18-8-15(11-31-18)14-4-3-7-26-9-14/h3-11,28H,24H2,1-2H3,(H2,25,29). The monoisotopic (exact) mass is 416 g/mol. The number of benzene rings is 1. The number of aromatic nitrogens is 2. The first kappa shape index (κ1) is 20.0. The Balaban J connectivity index is 2.01. The van der Waals surface area contributed by atoms with Gasteiger partial charge in [-0.05, 0) is 42.7 Å². The van der Waals surface area contributed by atoms with Gasteiger partial charge in [0.15, 0.2) is 0 Å². The van der Waals surface area contributed by atoms with Crippen molar-refractivity contribution in [3.63, 3.8) is 0 Å². The molecule has 0 spiro atoms. The minimum Gasteiger partial charge on any atom is -0.508 e. The number of carbonyl (C=O) groups excluding carboxylic acids is 1. The lowest BCUT2D eigenvalue weighted by atomic mass is 9.93. The van der Waals surface area contributed by atoms with Crippen LogP contribution in [-0.4, -0.2) is 20.6 Å². The summed E-state index contributed by atoms with van der Waals surface area (Å²) in [4.78, 5) is 29.7. The van der Waals surface area contributed by atoms with Gasteiger partial charge >= 0.3 is 0 Å². The van der Waals surface area contributed by atoms with Gasteiger partial charge in [0.1, 0.15) is 12.0 Å². The summed E-state index contributed by atoms with van der Waals surface area (Å²) in [5.74, 6) is -0.600. The lowest BCUT2D eigenvalue weighted by Crippen LogP contribution is -2.26. The van der Waals surface area contributed by atoms with Crippen molar-refractivity contribution in [3.05, 3.63) is 82.2 Å². The van der Waals surface area contributed by atoms with Crippen LogP contribution in [0.1, 0.15) is 21.5 Å². The molecule has 5 N–H and O–H groups in total. The van der Waals surface area contributed by atoms with E-state index >= 15 is 0 Å². The highest BCUT2D eigenvalue weighted by Gasteiger charge is 2.23. The Morgan fingerprint density at radius 1 is 1.16 bits per heavy atom. The van der Waals surface area contributed by atoms with Gasteiger partial charge in [0.25, 0.3) is 11.5 Å². The number of pyridine rings is 2. The zero-order valence-electron chi connectivity index (χ0n) is 16.9. The van der Waals surface area contributed by atoms with E-state index in [1.807, 2.05) is 6.07 Å². The normalized spacial score (nSPS) is 10.9.